The van der Waals surface area contributed by atoms with Crippen molar-refractivity contribution in [3.8, 4) is 11.3 Å². The van der Waals surface area contributed by atoms with Crippen molar-refractivity contribution in [2.24, 2.45) is 0 Å². The fourth-order valence-electron chi connectivity index (χ4n) is 3.63. The van der Waals surface area contributed by atoms with E-state index < -0.39 is 5.63 Å². The molecule has 1 atom stereocenters. The Morgan fingerprint density at radius 2 is 2.03 bits per heavy atom. The van der Waals surface area contributed by atoms with E-state index >= 15 is 0 Å². The second-order valence-electron chi connectivity index (χ2n) is 7.79. The van der Waals surface area contributed by atoms with Crippen LogP contribution in [-0.2, 0) is 6.42 Å². The van der Waals surface area contributed by atoms with Gasteiger partial charge >= 0.3 is 5.63 Å². The zero-order valence-electron chi connectivity index (χ0n) is 17.5. The molecule has 0 spiro atoms. The summed E-state index contributed by atoms with van der Waals surface area (Å²) >= 11 is 0. The maximum Gasteiger partial charge on any atom is 0.345 e. The summed E-state index contributed by atoms with van der Waals surface area (Å²) in [6.07, 6.45) is 5.53. The number of aromatic nitrogens is 3. The third-order valence-electron chi connectivity index (χ3n) is 5.21. The molecule has 0 fully saturated rings. The van der Waals surface area contributed by atoms with Crippen molar-refractivity contribution in [1.29, 1.82) is 0 Å². The summed E-state index contributed by atoms with van der Waals surface area (Å²) in [6, 6.07) is 7.90. The van der Waals surface area contributed by atoms with Gasteiger partial charge in [0.25, 0.3) is 0 Å². The van der Waals surface area contributed by atoms with E-state index in [0.717, 1.165) is 47.4 Å². The van der Waals surface area contributed by atoms with Crippen LogP contribution in [0.2, 0.25) is 0 Å². The number of benzene rings is 1. The van der Waals surface area contributed by atoms with Crippen molar-refractivity contribution in [3.05, 3.63) is 64.0 Å². The molecule has 7 nitrogen and oxygen atoms in total. The quantitative estimate of drug-likeness (QED) is 0.362. The minimum atomic E-state index is -0.399. The summed E-state index contributed by atoms with van der Waals surface area (Å²) in [5.74, 6) is 0. The van der Waals surface area contributed by atoms with Crippen LogP contribution in [0, 0.1) is 13.8 Å². The van der Waals surface area contributed by atoms with E-state index in [1.807, 2.05) is 55.8 Å². The number of aliphatic hydroxyl groups is 1. The van der Waals surface area contributed by atoms with Crippen LogP contribution in [0.1, 0.15) is 30.3 Å². The standard InChI is InChI=1S/C23H26N4O3/c1-14-11-27-12-20(26-22(27)16(3)25-14)19-10-18-7-6-17(9-21(18)30-23(19)29)5-4-8-24-15(2)13-28/h6-7,9-12,15,24,28H,4-5,8,13H2,1-3H3. The number of nitrogens with zero attached hydrogens (tertiary/aromatic N) is 3. The molecule has 3 heterocycles. The molecule has 1 aromatic carbocycles. The average molecular weight is 406 g/mol. The Labute approximate surface area is 174 Å². The Hall–Kier alpha value is -3.03. The normalized spacial score (nSPS) is 12.7. The number of hydrogen-bond acceptors (Lipinski definition) is 6. The van der Waals surface area contributed by atoms with Crippen molar-refractivity contribution in [2.45, 2.75) is 39.7 Å². The summed E-state index contributed by atoms with van der Waals surface area (Å²) in [5.41, 5.74) is 4.75. The van der Waals surface area contributed by atoms with E-state index in [-0.39, 0.29) is 12.6 Å². The number of imidazole rings is 1. The highest BCUT2D eigenvalue weighted by Gasteiger charge is 2.13. The highest BCUT2D eigenvalue weighted by atomic mass is 16.4. The Morgan fingerprint density at radius 1 is 1.20 bits per heavy atom. The van der Waals surface area contributed by atoms with Crippen LogP contribution in [0.15, 0.2) is 45.9 Å². The summed E-state index contributed by atoms with van der Waals surface area (Å²) < 4.78 is 7.52. The molecule has 4 rings (SSSR count). The minimum Gasteiger partial charge on any atom is -0.422 e. The van der Waals surface area contributed by atoms with E-state index in [9.17, 15) is 4.79 Å². The first kappa shape index (κ1) is 20.3. The minimum absolute atomic E-state index is 0.0983. The molecule has 0 bridgehead atoms. The maximum absolute atomic E-state index is 12.7. The Kier molecular flexibility index (Phi) is 5.65. The summed E-state index contributed by atoms with van der Waals surface area (Å²) in [7, 11) is 0. The molecule has 0 saturated heterocycles. The van der Waals surface area contributed by atoms with Gasteiger partial charge in [0.05, 0.1) is 29.3 Å². The van der Waals surface area contributed by atoms with Crippen LogP contribution < -0.4 is 10.9 Å². The van der Waals surface area contributed by atoms with E-state index in [1.54, 1.807) is 0 Å². The fourth-order valence-corrected chi connectivity index (χ4v) is 3.63. The van der Waals surface area contributed by atoms with Gasteiger partial charge in [-0.3, -0.25) is 4.98 Å². The number of fused-ring (bicyclic) bond motifs is 2. The first-order valence-electron chi connectivity index (χ1n) is 10.2. The third-order valence-corrected chi connectivity index (χ3v) is 5.21. The lowest BCUT2D eigenvalue weighted by molar-refractivity contribution is 0.251. The molecule has 3 aromatic heterocycles. The Bertz CT molecular complexity index is 1260. The lowest BCUT2D eigenvalue weighted by Gasteiger charge is -2.10. The van der Waals surface area contributed by atoms with Gasteiger partial charge in [0.2, 0.25) is 0 Å². The molecule has 156 valence electrons. The van der Waals surface area contributed by atoms with Crippen LogP contribution in [0.3, 0.4) is 0 Å². The van der Waals surface area contributed by atoms with Gasteiger partial charge in [-0.15, -0.1) is 0 Å². The van der Waals surface area contributed by atoms with Gasteiger partial charge in [0, 0.05) is 23.8 Å². The third kappa shape index (κ3) is 4.13. The zero-order valence-corrected chi connectivity index (χ0v) is 17.5. The van der Waals surface area contributed by atoms with Crippen molar-refractivity contribution in [3.63, 3.8) is 0 Å². The largest absolute Gasteiger partial charge is 0.422 e. The predicted molar refractivity (Wildman–Crippen MR) is 117 cm³/mol. The molecular weight excluding hydrogens is 380 g/mol. The SMILES string of the molecule is Cc1cn2cc(-c3cc4ccc(CCCNC(C)CO)cc4oc3=O)nc2c(C)n1. The molecule has 30 heavy (non-hydrogen) atoms. The molecule has 0 radical (unpaired) electrons. The first-order chi connectivity index (χ1) is 14.4. The van der Waals surface area contributed by atoms with Gasteiger partial charge in [0.1, 0.15) is 5.58 Å². The molecule has 0 aliphatic rings. The van der Waals surface area contributed by atoms with Crippen LogP contribution in [0.5, 0.6) is 0 Å². The van der Waals surface area contributed by atoms with Crippen LogP contribution in [0.4, 0.5) is 0 Å². The maximum atomic E-state index is 12.7. The molecule has 0 aliphatic heterocycles. The Morgan fingerprint density at radius 3 is 2.83 bits per heavy atom. The van der Waals surface area contributed by atoms with Gasteiger partial charge in [-0.05, 0) is 57.9 Å². The molecule has 0 amide bonds. The zero-order chi connectivity index (χ0) is 21.3. The highest BCUT2D eigenvalue weighted by Crippen LogP contribution is 2.23. The van der Waals surface area contributed by atoms with Crippen molar-refractivity contribution < 1.29 is 9.52 Å². The smallest absolute Gasteiger partial charge is 0.345 e. The van der Waals surface area contributed by atoms with Crippen LogP contribution in [0.25, 0.3) is 27.9 Å². The molecule has 1 unspecified atom stereocenters. The van der Waals surface area contributed by atoms with E-state index in [1.165, 1.54) is 0 Å². The number of nitrogens with one attached hydrogen (secondary N) is 1. The molecule has 0 saturated carbocycles. The van der Waals surface area contributed by atoms with E-state index in [2.05, 4.69) is 21.4 Å². The van der Waals surface area contributed by atoms with Crippen LogP contribution in [-0.4, -0.2) is 38.7 Å². The lowest BCUT2D eigenvalue weighted by Crippen LogP contribution is -2.30. The fraction of sp³-hybridized carbons (Fsp3) is 0.348. The van der Waals surface area contributed by atoms with E-state index in [0.29, 0.717) is 16.8 Å². The average Bonchev–Trinajstić information content (AvgIpc) is 3.14. The van der Waals surface area contributed by atoms with E-state index in [4.69, 9.17) is 9.52 Å². The second-order valence-corrected chi connectivity index (χ2v) is 7.79. The number of aryl methyl sites for hydroxylation is 3. The van der Waals surface area contributed by atoms with Gasteiger partial charge in [-0.25, -0.2) is 9.78 Å². The van der Waals surface area contributed by atoms with Gasteiger partial charge in [-0.1, -0.05) is 12.1 Å². The summed E-state index contributed by atoms with van der Waals surface area (Å²) in [5, 5.41) is 13.2. The molecule has 7 heteroatoms. The number of rotatable bonds is 7. The Balaban J connectivity index is 1.60. The van der Waals surface area contributed by atoms with Gasteiger partial charge in [0.15, 0.2) is 5.65 Å². The monoisotopic (exact) mass is 406 g/mol. The van der Waals surface area contributed by atoms with Crippen molar-refractivity contribution >= 4 is 16.6 Å². The topological polar surface area (TPSA) is 92.7 Å². The molecular formula is C23H26N4O3. The number of hydrogen-bond donors (Lipinski definition) is 2. The summed E-state index contributed by atoms with van der Waals surface area (Å²) in [4.78, 5) is 21.7. The second kappa shape index (κ2) is 8.38. The molecule has 2 N–H and O–H groups in total. The predicted octanol–water partition coefficient (Wildman–Crippen LogP) is 3.02. The van der Waals surface area contributed by atoms with Gasteiger partial charge in [-0.2, -0.15) is 0 Å². The van der Waals surface area contributed by atoms with Crippen molar-refractivity contribution in [1.82, 2.24) is 19.7 Å². The summed E-state index contributed by atoms with van der Waals surface area (Å²) in [6.45, 7) is 6.74. The molecule has 4 aromatic rings. The lowest BCUT2D eigenvalue weighted by atomic mass is 10.1. The number of aliphatic hydroxyl groups excluding tert-OH is 1. The van der Waals surface area contributed by atoms with Crippen LogP contribution >= 0.6 is 0 Å². The first-order valence-corrected chi connectivity index (χ1v) is 10.2. The van der Waals surface area contributed by atoms with Crippen molar-refractivity contribution in [2.75, 3.05) is 13.2 Å². The van der Waals surface area contributed by atoms with Gasteiger partial charge < -0.3 is 19.2 Å². The highest BCUT2D eigenvalue weighted by molar-refractivity contribution is 5.81. The molecule has 0 aliphatic carbocycles.